The summed E-state index contributed by atoms with van der Waals surface area (Å²) in [5.74, 6) is -0.0789. The molecule has 5 nitrogen and oxygen atoms in total. The Balaban J connectivity index is 2.31. The molecule has 2 aromatic rings. The van der Waals surface area contributed by atoms with Gasteiger partial charge in [-0.3, -0.25) is 4.79 Å². The first-order chi connectivity index (χ1) is 15.2. The maximum absolute atomic E-state index is 13.0. The Morgan fingerprint density at radius 2 is 1.76 bits per heavy atom. The smallest absolute Gasteiger partial charge is 0.379 e. The molecular formula is C23H27ClF3NO4S. The molecule has 1 unspecified atom stereocenters. The number of alkyl halides is 4. The molecule has 1 amide bonds. The minimum absolute atomic E-state index is 0.0712. The fourth-order valence-electron chi connectivity index (χ4n) is 2.99. The van der Waals surface area contributed by atoms with Gasteiger partial charge in [-0.15, -0.1) is 11.6 Å². The Hall–Kier alpha value is -2.26. The zero-order chi connectivity index (χ0) is 25.0. The van der Waals surface area contributed by atoms with Crippen LogP contribution in [-0.4, -0.2) is 31.1 Å². The maximum atomic E-state index is 13.0. The molecule has 1 atom stereocenters. The zero-order valence-electron chi connectivity index (χ0n) is 18.8. The summed E-state index contributed by atoms with van der Waals surface area (Å²) in [7, 11) is -4.50. The maximum Gasteiger partial charge on any atom is 0.416 e. The van der Waals surface area contributed by atoms with Gasteiger partial charge in [0.1, 0.15) is 10.6 Å². The third-order valence-electron chi connectivity index (χ3n) is 5.20. The van der Waals surface area contributed by atoms with Crippen LogP contribution in [0.2, 0.25) is 0 Å². The summed E-state index contributed by atoms with van der Waals surface area (Å²) < 4.78 is 69.1. The molecule has 0 N–H and O–H groups in total. The molecule has 10 heteroatoms. The highest BCUT2D eigenvalue weighted by Crippen LogP contribution is 2.31. The van der Waals surface area contributed by atoms with Crippen molar-refractivity contribution in [2.45, 2.75) is 57.8 Å². The largest absolute Gasteiger partial charge is 0.416 e. The summed E-state index contributed by atoms with van der Waals surface area (Å²) in [6.07, 6.45) is -3.99. The van der Waals surface area contributed by atoms with Crippen LogP contribution in [0.4, 0.5) is 13.2 Å². The number of hydrogen-bond acceptors (Lipinski definition) is 4. The fourth-order valence-corrected chi connectivity index (χ4v) is 4.07. The third kappa shape index (κ3) is 6.86. The van der Waals surface area contributed by atoms with Gasteiger partial charge in [0.2, 0.25) is 5.91 Å². The van der Waals surface area contributed by atoms with Gasteiger partial charge in [0.15, 0.2) is 0 Å². The first-order valence-electron chi connectivity index (χ1n) is 10.3. The Bertz CT molecular complexity index is 1090. The van der Waals surface area contributed by atoms with Gasteiger partial charge >= 0.3 is 16.3 Å². The van der Waals surface area contributed by atoms with Crippen molar-refractivity contribution in [1.29, 1.82) is 0 Å². The molecule has 0 radical (unpaired) electrons. The first kappa shape index (κ1) is 27.0. The van der Waals surface area contributed by atoms with Crippen LogP contribution in [-0.2, 0) is 27.6 Å². The van der Waals surface area contributed by atoms with Gasteiger partial charge in [-0.1, -0.05) is 25.1 Å². The van der Waals surface area contributed by atoms with E-state index in [-0.39, 0.29) is 30.1 Å². The zero-order valence-corrected chi connectivity index (χ0v) is 20.4. The molecule has 0 aromatic heterocycles. The lowest BCUT2D eigenvalue weighted by molar-refractivity contribution is -0.142. The lowest BCUT2D eigenvalue weighted by Gasteiger charge is -2.35. The number of nitrogens with zero attached hydrogens (tertiary/aromatic N) is 1. The Morgan fingerprint density at radius 1 is 1.12 bits per heavy atom. The van der Waals surface area contributed by atoms with Crippen molar-refractivity contribution in [3.63, 3.8) is 0 Å². The topological polar surface area (TPSA) is 63.7 Å². The minimum Gasteiger partial charge on any atom is -0.379 e. The number of hydrogen-bond donors (Lipinski definition) is 0. The highest BCUT2D eigenvalue weighted by atomic mass is 35.5. The lowest BCUT2D eigenvalue weighted by Crippen LogP contribution is -2.45. The molecule has 0 heterocycles. The number of carbonyl (C=O) groups excluding carboxylic acids is 1. The summed E-state index contributed by atoms with van der Waals surface area (Å²) in [6, 6.07) is 9.33. The predicted octanol–water partition coefficient (Wildman–Crippen LogP) is 5.87. The van der Waals surface area contributed by atoms with Crippen molar-refractivity contribution in [3.05, 3.63) is 59.7 Å². The van der Waals surface area contributed by atoms with Crippen molar-refractivity contribution in [3.8, 4) is 5.75 Å². The summed E-state index contributed by atoms with van der Waals surface area (Å²) in [5.41, 5.74) is -1.28. The summed E-state index contributed by atoms with van der Waals surface area (Å²) in [4.78, 5) is 14.1. The van der Waals surface area contributed by atoms with Crippen molar-refractivity contribution in [2.24, 2.45) is 5.41 Å². The van der Waals surface area contributed by atoms with E-state index in [4.69, 9.17) is 15.8 Å². The standard InChI is InChI=1S/C23H27ClF3NO4S/c1-5-16(2)28(21(29)22(3,4)15-24)14-17-8-6-10-19(12-17)32-33(30,31)20-11-7-9-18(13-20)23(25,26)27/h6-13,16H,5,14-15H2,1-4H3. The third-order valence-corrected chi connectivity index (χ3v) is 7.12. The molecular weight excluding hydrogens is 479 g/mol. The van der Waals surface area contributed by atoms with Crippen LogP contribution in [0.15, 0.2) is 53.4 Å². The molecule has 0 spiro atoms. The number of rotatable bonds is 9. The van der Waals surface area contributed by atoms with Crippen LogP contribution in [0.3, 0.4) is 0 Å². The van der Waals surface area contributed by atoms with Gasteiger partial charge < -0.3 is 9.08 Å². The van der Waals surface area contributed by atoms with Crippen LogP contribution in [0.5, 0.6) is 5.75 Å². The first-order valence-corrected chi connectivity index (χ1v) is 12.2. The van der Waals surface area contributed by atoms with Crippen molar-refractivity contribution >= 4 is 27.6 Å². The van der Waals surface area contributed by atoms with Crippen molar-refractivity contribution in [1.82, 2.24) is 4.90 Å². The van der Waals surface area contributed by atoms with Crippen LogP contribution >= 0.6 is 11.6 Å². The summed E-state index contributed by atoms with van der Waals surface area (Å²) in [5, 5.41) is 0. The van der Waals surface area contributed by atoms with Gasteiger partial charge in [-0.05, 0) is 63.1 Å². The highest BCUT2D eigenvalue weighted by molar-refractivity contribution is 7.87. The Morgan fingerprint density at radius 3 is 2.33 bits per heavy atom. The second kappa shape index (κ2) is 10.3. The van der Waals surface area contributed by atoms with Crippen LogP contribution in [0, 0.1) is 5.41 Å². The molecule has 0 bridgehead atoms. The van der Waals surface area contributed by atoms with Gasteiger partial charge in [0.05, 0.1) is 11.0 Å². The highest BCUT2D eigenvalue weighted by Gasteiger charge is 2.34. The molecule has 2 rings (SSSR count). The van der Waals surface area contributed by atoms with E-state index in [9.17, 15) is 26.4 Å². The molecule has 182 valence electrons. The van der Waals surface area contributed by atoms with Crippen LogP contribution < -0.4 is 4.18 Å². The van der Waals surface area contributed by atoms with E-state index in [0.717, 1.165) is 18.2 Å². The quantitative estimate of drug-likeness (QED) is 0.316. The normalized spacial score (nSPS) is 13.5. The molecule has 0 saturated carbocycles. The fraction of sp³-hybridized carbons (Fsp3) is 0.435. The molecule has 0 aliphatic carbocycles. The molecule has 0 fully saturated rings. The van der Waals surface area contributed by atoms with E-state index in [1.165, 1.54) is 12.1 Å². The molecule has 33 heavy (non-hydrogen) atoms. The van der Waals surface area contributed by atoms with Gasteiger partial charge in [-0.2, -0.15) is 21.6 Å². The van der Waals surface area contributed by atoms with Gasteiger partial charge in [0, 0.05) is 18.5 Å². The second-order valence-corrected chi connectivity index (χ2v) is 10.2. The Labute approximate surface area is 197 Å². The number of carbonyl (C=O) groups is 1. The molecule has 0 saturated heterocycles. The van der Waals surface area contributed by atoms with E-state index >= 15 is 0 Å². The lowest BCUT2D eigenvalue weighted by atomic mass is 9.93. The van der Waals surface area contributed by atoms with E-state index in [0.29, 0.717) is 18.1 Å². The number of benzene rings is 2. The molecule has 2 aromatic carbocycles. The summed E-state index contributed by atoms with van der Waals surface area (Å²) in [6.45, 7) is 7.53. The van der Waals surface area contributed by atoms with E-state index < -0.39 is 32.2 Å². The molecule has 0 aliphatic heterocycles. The van der Waals surface area contributed by atoms with Crippen LogP contribution in [0.25, 0.3) is 0 Å². The van der Waals surface area contributed by atoms with Crippen molar-refractivity contribution in [2.75, 3.05) is 5.88 Å². The monoisotopic (exact) mass is 505 g/mol. The van der Waals surface area contributed by atoms with Gasteiger partial charge in [0.25, 0.3) is 0 Å². The summed E-state index contributed by atoms with van der Waals surface area (Å²) >= 11 is 5.97. The van der Waals surface area contributed by atoms with E-state index in [2.05, 4.69) is 0 Å². The van der Waals surface area contributed by atoms with E-state index in [1.54, 1.807) is 30.9 Å². The SMILES string of the molecule is CCC(C)N(Cc1cccc(OS(=O)(=O)c2cccc(C(F)(F)F)c2)c1)C(=O)C(C)(C)CCl. The number of halogens is 4. The average molecular weight is 506 g/mol. The van der Waals surface area contributed by atoms with Crippen LogP contribution in [0.1, 0.15) is 45.2 Å². The minimum atomic E-state index is -4.69. The van der Waals surface area contributed by atoms with E-state index in [1.807, 2.05) is 13.8 Å². The predicted molar refractivity (Wildman–Crippen MR) is 121 cm³/mol. The van der Waals surface area contributed by atoms with Crippen molar-refractivity contribution < 1.29 is 30.6 Å². The van der Waals surface area contributed by atoms with Gasteiger partial charge in [-0.25, -0.2) is 0 Å². The second-order valence-electron chi connectivity index (χ2n) is 8.42. The average Bonchev–Trinajstić information content (AvgIpc) is 2.76. The number of amides is 1. The molecule has 0 aliphatic rings. The Kier molecular flexibility index (Phi) is 8.46.